The van der Waals surface area contributed by atoms with Gasteiger partial charge < -0.3 is 10.6 Å². The van der Waals surface area contributed by atoms with Crippen molar-refractivity contribution in [2.75, 3.05) is 12.8 Å². The van der Waals surface area contributed by atoms with Crippen molar-refractivity contribution in [3.63, 3.8) is 0 Å². The lowest BCUT2D eigenvalue weighted by Gasteiger charge is -2.17. The second-order valence-corrected chi connectivity index (χ2v) is 5.23. The van der Waals surface area contributed by atoms with E-state index in [4.69, 9.17) is 17.3 Å². The summed E-state index contributed by atoms with van der Waals surface area (Å²) >= 11 is 7.10. The number of aromatic nitrogens is 1. The summed E-state index contributed by atoms with van der Waals surface area (Å²) in [6.45, 7) is 0.0712. The van der Waals surface area contributed by atoms with E-state index in [0.29, 0.717) is 5.13 Å². The summed E-state index contributed by atoms with van der Waals surface area (Å²) in [5.41, 5.74) is 6.00. The van der Waals surface area contributed by atoms with Crippen LogP contribution in [0.25, 0.3) is 0 Å². The fraction of sp³-hybridized carbons (Fsp3) is 0.167. The fourth-order valence-electron chi connectivity index (χ4n) is 1.57. The molecule has 2 N–H and O–H groups in total. The zero-order valence-corrected chi connectivity index (χ0v) is 11.6. The van der Waals surface area contributed by atoms with Crippen molar-refractivity contribution in [2.45, 2.75) is 6.54 Å². The molecule has 0 aliphatic heterocycles. The number of thiazole rings is 1. The lowest BCUT2D eigenvalue weighted by molar-refractivity contribution is 0.0779. The van der Waals surface area contributed by atoms with Crippen LogP contribution in [0.3, 0.4) is 0 Å². The minimum Gasteiger partial charge on any atom is -0.375 e. The van der Waals surface area contributed by atoms with E-state index in [1.165, 1.54) is 28.4 Å². The predicted octanol–water partition coefficient (Wildman–Crippen LogP) is 2.79. The Morgan fingerprint density at radius 1 is 1.58 bits per heavy atom. The molecule has 0 saturated heterocycles. The third kappa shape index (κ3) is 3.02. The Kier molecular flexibility index (Phi) is 4.01. The topological polar surface area (TPSA) is 59.2 Å². The van der Waals surface area contributed by atoms with Crippen LogP contribution in [0.2, 0.25) is 5.02 Å². The van der Waals surface area contributed by atoms with Gasteiger partial charge in [-0.25, -0.2) is 9.37 Å². The number of nitrogens with two attached hydrogens (primary N) is 1. The molecule has 0 saturated carbocycles. The van der Waals surface area contributed by atoms with Crippen LogP contribution in [-0.2, 0) is 6.54 Å². The minimum absolute atomic E-state index is 0.0712. The van der Waals surface area contributed by atoms with Crippen LogP contribution in [0.4, 0.5) is 9.52 Å². The van der Waals surface area contributed by atoms with E-state index in [-0.39, 0.29) is 28.7 Å². The van der Waals surface area contributed by atoms with Gasteiger partial charge in [-0.1, -0.05) is 17.7 Å². The average molecular weight is 300 g/mol. The summed E-state index contributed by atoms with van der Waals surface area (Å²) in [4.78, 5) is 17.3. The number of benzene rings is 1. The van der Waals surface area contributed by atoms with E-state index in [1.807, 2.05) is 0 Å². The Morgan fingerprint density at radius 3 is 2.89 bits per heavy atom. The first-order chi connectivity index (χ1) is 8.99. The van der Waals surface area contributed by atoms with Crippen LogP contribution >= 0.6 is 22.9 Å². The summed E-state index contributed by atoms with van der Waals surface area (Å²) in [6.07, 6.45) is 0. The number of hydrogen-bond donors (Lipinski definition) is 1. The Balaban J connectivity index is 2.17. The van der Waals surface area contributed by atoms with Crippen molar-refractivity contribution in [1.82, 2.24) is 9.88 Å². The van der Waals surface area contributed by atoms with Crippen molar-refractivity contribution < 1.29 is 9.18 Å². The van der Waals surface area contributed by atoms with Crippen molar-refractivity contribution >= 4 is 34.0 Å². The SMILES string of the molecule is CN(Cc1c(F)cccc1Cl)C(=O)c1csc(N)n1. The summed E-state index contributed by atoms with van der Waals surface area (Å²) in [7, 11) is 1.56. The van der Waals surface area contributed by atoms with Crippen molar-refractivity contribution in [3.8, 4) is 0 Å². The van der Waals surface area contributed by atoms with Crippen molar-refractivity contribution in [3.05, 3.63) is 45.7 Å². The van der Waals surface area contributed by atoms with Crippen LogP contribution in [0.15, 0.2) is 23.6 Å². The van der Waals surface area contributed by atoms with Gasteiger partial charge in [0.2, 0.25) is 0 Å². The highest BCUT2D eigenvalue weighted by atomic mass is 35.5. The van der Waals surface area contributed by atoms with Gasteiger partial charge in [-0.3, -0.25) is 4.79 Å². The molecular formula is C12H11ClFN3OS. The zero-order valence-electron chi connectivity index (χ0n) is 10.1. The van der Waals surface area contributed by atoms with Gasteiger partial charge in [-0.15, -0.1) is 11.3 Å². The number of nitrogens with zero attached hydrogens (tertiary/aromatic N) is 2. The molecule has 0 aliphatic carbocycles. The maximum atomic E-state index is 13.6. The number of carbonyl (C=O) groups is 1. The molecule has 0 fully saturated rings. The molecule has 1 heterocycles. The molecule has 0 spiro atoms. The normalized spacial score (nSPS) is 10.5. The van der Waals surface area contributed by atoms with Gasteiger partial charge in [0, 0.05) is 23.0 Å². The quantitative estimate of drug-likeness (QED) is 0.948. The van der Waals surface area contributed by atoms with Gasteiger partial charge in [0.25, 0.3) is 5.91 Å². The molecule has 0 bridgehead atoms. The van der Waals surface area contributed by atoms with Crippen LogP contribution in [0.1, 0.15) is 16.1 Å². The Morgan fingerprint density at radius 2 is 2.32 bits per heavy atom. The number of hydrogen-bond acceptors (Lipinski definition) is 4. The van der Waals surface area contributed by atoms with Gasteiger partial charge in [0.15, 0.2) is 5.13 Å². The lowest BCUT2D eigenvalue weighted by atomic mass is 10.2. The summed E-state index contributed by atoms with van der Waals surface area (Å²) in [5.74, 6) is -0.766. The van der Waals surface area contributed by atoms with Gasteiger partial charge in [-0.2, -0.15) is 0 Å². The third-order valence-electron chi connectivity index (χ3n) is 2.54. The monoisotopic (exact) mass is 299 g/mol. The smallest absolute Gasteiger partial charge is 0.273 e. The zero-order chi connectivity index (χ0) is 14.0. The molecule has 1 aromatic heterocycles. The van der Waals surface area contributed by atoms with E-state index in [1.54, 1.807) is 18.5 Å². The first-order valence-electron chi connectivity index (χ1n) is 5.38. The maximum absolute atomic E-state index is 13.6. The summed E-state index contributed by atoms with van der Waals surface area (Å²) in [5, 5.41) is 2.18. The highest BCUT2D eigenvalue weighted by molar-refractivity contribution is 7.13. The Bertz CT molecular complexity index is 597. The minimum atomic E-state index is -0.440. The Labute approximate surface area is 118 Å². The van der Waals surface area contributed by atoms with Crippen LogP contribution in [-0.4, -0.2) is 22.8 Å². The number of halogens is 2. The van der Waals surface area contributed by atoms with Crippen molar-refractivity contribution in [1.29, 1.82) is 0 Å². The Hall–Kier alpha value is -1.66. The fourth-order valence-corrected chi connectivity index (χ4v) is 2.33. The first-order valence-corrected chi connectivity index (χ1v) is 6.64. The third-order valence-corrected chi connectivity index (χ3v) is 3.57. The number of anilines is 1. The van der Waals surface area contributed by atoms with Crippen LogP contribution in [0.5, 0.6) is 0 Å². The lowest BCUT2D eigenvalue weighted by Crippen LogP contribution is -2.27. The van der Waals surface area contributed by atoms with E-state index < -0.39 is 5.82 Å². The van der Waals surface area contributed by atoms with Crippen LogP contribution in [0, 0.1) is 5.82 Å². The van der Waals surface area contributed by atoms with Gasteiger partial charge in [0.05, 0.1) is 6.54 Å². The molecule has 2 rings (SSSR count). The molecule has 19 heavy (non-hydrogen) atoms. The van der Waals surface area contributed by atoms with Gasteiger partial charge >= 0.3 is 0 Å². The van der Waals surface area contributed by atoms with Crippen molar-refractivity contribution in [2.24, 2.45) is 0 Å². The second-order valence-electron chi connectivity index (χ2n) is 3.93. The molecule has 0 atom stereocenters. The van der Waals surface area contributed by atoms with Gasteiger partial charge in [0.1, 0.15) is 11.5 Å². The van der Waals surface area contributed by atoms with Crippen LogP contribution < -0.4 is 5.73 Å². The number of rotatable bonds is 3. The standard InChI is InChI=1S/C12H11ClFN3OS/c1-17(11(18)10-6-19-12(15)16-10)5-7-8(13)3-2-4-9(7)14/h2-4,6H,5H2,1H3,(H2,15,16). The molecule has 0 aliphatic rings. The highest BCUT2D eigenvalue weighted by Gasteiger charge is 2.17. The molecular weight excluding hydrogens is 289 g/mol. The number of carbonyl (C=O) groups excluding carboxylic acids is 1. The summed E-state index contributed by atoms with van der Waals surface area (Å²) < 4.78 is 13.6. The molecule has 7 heteroatoms. The second kappa shape index (κ2) is 5.54. The van der Waals surface area contributed by atoms with E-state index in [0.717, 1.165) is 0 Å². The molecule has 1 aromatic carbocycles. The molecule has 4 nitrogen and oxygen atoms in total. The number of nitrogen functional groups attached to an aromatic ring is 1. The number of amides is 1. The van der Waals surface area contributed by atoms with E-state index >= 15 is 0 Å². The first kappa shape index (κ1) is 13.8. The molecule has 1 amide bonds. The average Bonchev–Trinajstić information content (AvgIpc) is 2.79. The predicted molar refractivity (Wildman–Crippen MR) is 73.7 cm³/mol. The highest BCUT2D eigenvalue weighted by Crippen LogP contribution is 2.21. The van der Waals surface area contributed by atoms with E-state index in [2.05, 4.69) is 4.98 Å². The maximum Gasteiger partial charge on any atom is 0.273 e. The molecule has 2 aromatic rings. The largest absolute Gasteiger partial charge is 0.375 e. The molecule has 0 unspecified atom stereocenters. The molecule has 0 radical (unpaired) electrons. The summed E-state index contributed by atoms with van der Waals surface area (Å²) in [6, 6.07) is 4.41. The molecule has 100 valence electrons. The van der Waals surface area contributed by atoms with E-state index in [9.17, 15) is 9.18 Å². The van der Waals surface area contributed by atoms with Gasteiger partial charge in [-0.05, 0) is 12.1 Å².